The fraction of sp³-hybridized carbons (Fsp3) is 0.280. The van der Waals surface area contributed by atoms with Gasteiger partial charge in [0.2, 0.25) is 5.91 Å². The summed E-state index contributed by atoms with van der Waals surface area (Å²) in [5, 5.41) is 12.8. The first-order valence-electron chi connectivity index (χ1n) is 10.4. The lowest BCUT2D eigenvalue weighted by Crippen LogP contribution is -2.30. The molecule has 1 aliphatic rings. The Bertz CT molecular complexity index is 1140. The van der Waals surface area contributed by atoms with E-state index in [-0.39, 0.29) is 23.6 Å². The molecule has 4 rings (SSSR count). The van der Waals surface area contributed by atoms with Crippen LogP contribution in [0.25, 0.3) is 10.8 Å². The molecule has 0 spiro atoms. The number of nitrogens with one attached hydrogen (secondary N) is 2. The zero-order chi connectivity index (χ0) is 22.0. The second kappa shape index (κ2) is 8.68. The van der Waals surface area contributed by atoms with Crippen LogP contribution >= 0.6 is 0 Å². The Balaban J connectivity index is 1.41. The number of rotatable bonds is 7. The van der Waals surface area contributed by atoms with Crippen molar-refractivity contribution in [3.63, 3.8) is 0 Å². The van der Waals surface area contributed by atoms with Crippen LogP contribution in [0.1, 0.15) is 41.9 Å². The van der Waals surface area contributed by atoms with Crippen LogP contribution in [-0.2, 0) is 4.79 Å². The molecular weight excluding hydrogens is 390 g/mol. The maximum Gasteiger partial charge on any atom is 0.227 e. The van der Waals surface area contributed by atoms with Crippen LogP contribution in [0.4, 0.5) is 0 Å². The minimum absolute atomic E-state index is 0.0000523. The summed E-state index contributed by atoms with van der Waals surface area (Å²) >= 11 is 0. The van der Waals surface area contributed by atoms with Gasteiger partial charge in [0.05, 0.1) is 19.6 Å². The number of carbonyl (C=O) groups is 1. The lowest BCUT2D eigenvalue weighted by molar-refractivity contribution is -0.122. The number of fused-ring (bicyclic) bond motifs is 2. The van der Waals surface area contributed by atoms with Crippen LogP contribution < -0.4 is 20.5 Å². The molecule has 0 saturated heterocycles. The van der Waals surface area contributed by atoms with Crippen molar-refractivity contribution in [1.82, 2.24) is 5.32 Å². The van der Waals surface area contributed by atoms with Gasteiger partial charge in [0.25, 0.3) is 0 Å². The number of carbonyl (C=O) groups excluding carboxylic acids is 1. The van der Waals surface area contributed by atoms with E-state index in [0.717, 1.165) is 39.8 Å². The average Bonchev–Trinajstić information content (AvgIpc) is 3.19. The molecule has 6 heteroatoms. The maximum atomic E-state index is 12.9. The molecule has 4 N–H and O–H groups in total. The number of hydrogen-bond acceptors (Lipinski definition) is 4. The van der Waals surface area contributed by atoms with Crippen LogP contribution in [0.5, 0.6) is 11.5 Å². The quantitative estimate of drug-likeness (QED) is 0.401. The van der Waals surface area contributed by atoms with Gasteiger partial charge < -0.3 is 20.5 Å². The third-order valence-electron chi connectivity index (χ3n) is 5.97. The topological polar surface area (TPSA) is 97.4 Å². The average molecular weight is 418 g/mol. The van der Waals surface area contributed by atoms with Gasteiger partial charge in [0.15, 0.2) is 0 Å². The van der Waals surface area contributed by atoms with Crippen molar-refractivity contribution >= 4 is 22.5 Å². The highest BCUT2D eigenvalue weighted by Gasteiger charge is 2.25. The number of hydrogen-bond donors (Lipinski definition) is 3. The Kier molecular flexibility index (Phi) is 5.80. The van der Waals surface area contributed by atoms with Crippen molar-refractivity contribution in [3.05, 3.63) is 71.3 Å². The van der Waals surface area contributed by atoms with Gasteiger partial charge in [-0.2, -0.15) is 0 Å². The fourth-order valence-corrected chi connectivity index (χ4v) is 4.14. The molecule has 1 amide bonds. The Morgan fingerprint density at radius 2 is 2.10 bits per heavy atom. The SMILES string of the molecule is COc1ccc2c([C@H](C)C(=O)NCCC3COc4ccc(C(=N)N)cc43)cccc2c1. The van der Waals surface area contributed by atoms with Crippen LogP contribution in [0, 0.1) is 5.41 Å². The van der Waals surface area contributed by atoms with E-state index in [0.29, 0.717) is 18.7 Å². The van der Waals surface area contributed by atoms with Gasteiger partial charge in [-0.1, -0.05) is 24.3 Å². The first kappa shape index (κ1) is 20.7. The Morgan fingerprint density at radius 3 is 2.87 bits per heavy atom. The molecule has 1 aliphatic heterocycles. The fourth-order valence-electron chi connectivity index (χ4n) is 4.14. The Labute approximate surface area is 181 Å². The standard InChI is InChI=1S/C25H27N3O3/c1-15(20-5-3-4-16-12-19(30-2)7-8-21(16)20)25(29)28-11-10-18-14-31-23-9-6-17(24(26)27)13-22(18)23/h3-9,12-13,15,18H,10-11,14H2,1-2H3,(H3,26,27)(H,28,29)/t15-,18?/m0/s1. The second-order valence-electron chi connectivity index (χ2n) is 7.91. The Morgan fingerprint density at radius 1 is 1.26 bits per heavy atom. The molecule has 3 aromatic carbocycles. The second-order valence-corrected chi connectivity index (χ2v) is 7.91. The monoisotopic (exact) mass is 417 g/mol. The molecule has 0 saturated carbocycles. The highest BCUT2D eigenvalue weighted by Crippen LogP contribution is 2.36. The van der Waals surface area contributed by atoms with Crippen LogP contribution in [0.3, 0.4) is 0 Å². The molecule has 0 fully saturated rings. The Hall–Kier alpha value is -3.54. The number of ether oxygens (including phenoxy) is 2. The predicted octanol–water partition coefficient (Wildman–Crippen LogP) is 3.92. The molecular formula is C25H27N3O3. The van der Waals surface area contributed by atoms with Crippen molar-refractivity contribution in [1.29, 1.82) is 5.41 Å². The van der Waals surface area contributed by atoms with E-state index in [2.05, 4.69) is 5.32 Å². The minimum atomic E-state index is -0.270. The first-order chi connectivity index (χ1) is 15.0. The van der Waals surface area contributed by atoms with Gasteiger partial charge in [0, 0.05) is 23.6 Å². The van der Waals surface area contributed by atoms with Crippen molar-refractivity contribution in [3.8, 4) is 11.5 Å². The van der Waals surface area contributed by atoms with E-state index >= 15 is 0 Å². The largest absolute Gasteiger partial charge is 0.497 e. The molecule has 1 unspecified atom stereocenters. The summed E-state index contributed by atoms with van der Waals surface area (Å²) in [6.45, 7) is 3.06. The molecule has 2 atom stereocenters. The summed E-state index contributed by atoms with van der Waals surface area (Å²) in [6, 6.07) is 17.5. The lowest BCUT2D eigenvalue weighted by Gasteiger charge is -2.16. The molecule has 6 nitrogen and oxygen atoms in total. The summed E-state index contributed by atoms with van der Waals surface area (Å²) in [7, 11) is 1.65. The van der Waals surface area contributed by atoms with Crippen LogP contribution in [0.15, 0.2) is 54.6 Å². The van der Waals surface area contributed by atoms with E-state index in [1.807, 2.05) is 55.5 Å². The molecule has 3 aromatic rings. The molecule has 0 bridgehead atoms. The molecule has 0 radical (unpaired) electrons. The van der Waals surface area contributed by atoms with Gasteiger partial charge in [-0.25, -0.2) is 0 Å². The first-order valence-corrected chi connectivity index (χ1v) is 10.4. The van der Waals surface area contributed by atoms with E-state index in [1.54, 1.807) is 13.2 Å². The van der Waals surface area contributed by atoms with Gasteiger partial charge in [-0.15, -0.1) is 0 Å². The van der Waals surface area contributed by atoms with Crippen molar-refractivity contribution in [2.45, 2.75) is 25.2 Å². The van der Waals surface area contributed by atoms with E-state index in [9.17, 15) is 4.79 Å². The van der Waals surface area contributed by atoms with E-state index < -0.39 is 0 Å². The normalized spacial score (nSPS) is 15.7. The zero-order valence-electron chi connectivity index (χ0n) is 17.8. The number of nitrogens with two attached hydrogens (primary N) is 1. The molecule has 0 aromatic heterocycles. The van der Waals surface area contributed by atoms with E-state index in [1.165, 1.54) is 0 Å². The zero-order valence-corrected chi connectivity index (χ0v) is 17.8. The molecule has 1 heterocycles. The van der Waals surface area contributed by atoms with E-state index in [4.69, 9.17) is 20.6 Å². The number of amides is 1. The summed E-state index contributed by atoms with van der Waals surface area (Å²) in [4.78, 5) is 12.9. The third kappa shape index (κ3) is 4.19. The number of amidine groups is 1. The summed E-state index contributed by atoms with van der Waals surface area (Å²) in [5.74, 6) is 1.58. The maximum absolute atomic E-state index is 12.9. The van der Waals surface area contributed by atoms with Gasteiger partial charge in [-0.05, 0) is 60.0 Å². The summed E-state index contributed by atoms with van der Waals surface area (Å²) in [6.07, 6.45) is 0.763. The minimum Gasteiger partial charge on any atom is -0.497 e. The molecule has 160 valence electrons. The van der Waals surface area contributed by atoms with Crippen molar-refractivity contribution < 1.29 is 14.3 Å². The molecule has 31 heavy (non-hydrogen) atoms. The number of methoxy groups -OCH3 is 1. The smallest absolute Gasteiger partial charge is 0.227 e. The van der Waals surface area contributed by atoms with Gasteiger partial charge in [-0.3, -0.25) is 10.2 Å². The van der Waals surface area contributed by atoms with Crippen molar-refractivity contribution in [2.75, 3.05) is 20.3 Å². The van der Waals surface area contributed by atoms with Crippen LogP contribution in [-0.4, -0.2) is 32.0 Å². The summed E-state index contributed by atoms with van der Waals surface area (Å²) < 4.78 is 11.1. The highest BCUT2D eigenvalue weighted by molar-refractivity contribution is 5.95. The summed E-state index contributed by atoms with van der Waals surface area (Å²) in [5.41, 5.74) is 8.36. The van der Waals surface area contributed by atoms with Crippen LogP contribution in [0.2, 0.25) is 0 Å². The highest BCUT2D eigenvalue weighted by atomic mass is 16.5. The van der Waals surface area contributed by atoms with Gasteiger partial charge in [0.1, 0.15) is 17.3 Å². The third-order valence-corrected chi connectivity index (χ3v) is 5.97. The number of benzene rings is 3. The number of nitrogen functional groups attached to an aromatic ring is 1. The predicted molar refractivity (Wildman–Crippen MR) is 122 cm³/mol. The lowest BCUT2D eigenvalue weighted by atomic mass is 9.93. The molecule has 0 aliphatic carbocycles. The van der Waals surface area contributed by atoms with Crippen molar-refractivity contribution in [2.24, 2.45) is 5.73 Å². The van der Waals surface area contributed by atoms with Gasteiger partial charge >= 0.3 is 0 Å².